The Morgan fingerprint density at radius 3 is 2.70 bits per heavy atom. The summed E-state index contributed by atoms with van der Waals surface area (Å²) in [5, 5.41) is 12.6. The summed E-state index contributed by atoms with van der Waals surface area (Å²) in [4.78, 5) is 19.4. The molecule has 0 spiro atoms. The van der Waals surface area contributed by atoms with Gasteiger partial charge in [0, 0.05) is 18.3 Å². The van der Waals surface area contributed by atoms with Crippen LogP contribution in [0.5, 0.6) is 17.4 Å². The largest absolute Gasteiger partial charge is 0.490 e. The molecule has 2 N–H and O–H groups in total. The van der Waals surface area contributed by atoms with Crippen LogP contribution >= 0.6 is 0 Å². The summed E-state index contributed by atoms with van der Waals surface area (Å²) in [6, 6.07) is 11.3. The molecule has 0 bridgehead atoms. The zero-order valence-electron chi connectivity index (χ0n) is 19.8. The Labute approximate surface area is 197 Å². The van der Waals surface area contributed by atoms with Gasteiger partial charge in [0.1, 0.15) is 0 Å². The highest BCUT2D eigenvalue weighted by molar-refractivity contribution is 5.78. The van der Waals surface area contributed by atoms with Crippen molar-refractivity contribution < 1.29 is 19.4 Å². The molecular weight excluding hydrogens is 418 g/mol. The lowest BCUT2D eigenvalue weighted by Crippen LogP contribution is -2.44. The number of aliphatic hydroxyl groups excluding tert-OH is 1. The number of ether oxygens (including phenoxy) is 2. The zero-order chi connectivity index (χ0) is 23.5. The standard InChI is InChI=1S/C26H37N3O4/c1-20(2)16-22(19-30)28-25(31)18-29-14-7-3-4-8-15-32-23-11-5-6-12-24(23)33-26-21(17-29)10-9-13-27-26/h5-6,9-13,20,22,30H,3-4,7-8,14-19H2,1-2H3,(H,28,31)/t22-/m0/s1. The highest BCUT2D eigenvalue weighted by atomic mass is 16.5. The van der Waals surface area contributed by atoms with E-state index in [0.29, 0.717) is 36.4 Å². The van der Waals surface area contributed by atoms with E-state index in [1.807, 2.05) is 36.4 Å². The van der Waals surface area contributed by atoms with E-state index in [9.17, 15) is 9.90 Å². The van der Waals surface area contributed by atoms with Crippen LogP contribution in [-0.4, -0.2) is 53.2 Å². The first-order valence-corrected chi connectivity index (χ1v) is 12.0. The highest BCUT2D eigenvalue weighted by Gasteiger charge is 2.19. The van der Waals surface area contributed by atoms with Gasteiger partial charge in [-0.05, 0) is 49.9 Å². The molecule has 1 amide bonds. The highest BCUT2D eigenvalue weighted by Crippen LogP contribution is 2.32. The fourth-order valence-electron chi connectivity index (χ4n) is 4.05. The third kappa shape index (κ3) is 8.33. The van der Waals surface area contributed by atoms with Gasteiger partial charge in [-0.25, -0.2) is 4.98 Å². The number of carbonyl (C=O) groups is 1. The maximum atomic E-state index is 12.8. The monoisotopic (exact) mass is 455 g/mol. The Morgan fingerprint density at radius 2 is 1.91 bits per heavy atom. The normalized spacial score (nSPS) is 16.5. The third-order valence-corrected chi connectivity index (χ3v) is 5.63. The Bertz CT molecular complexity index is 874. The first-order chi connectivity index (χ1) is 16.0. The van der Waals surface area contributed by atoms with Crippen LogP contribution in [0.1, 0.15) is 51.5 Å². The second-order valence-corrected chi connectivity index (χ2v) is 9.07. The summed E-state index contributed by atoms with van der Waals surface area (Å²) in [5.41, 5.74) is 0.915. The summed E-state index contributed by atoms with van der Waals surface area (Å²) in [7, 11) is 0. The van der Waals surface area contributed by atoms with E-state index in [-0.39, 0.29) is 25.1 Å². The predicted octanol–water partition coefficient (Wildman–Crippen LogP) is 4.15. The van der Waals surface area contributed by atoms with E-state index in [0.717, 1.165) is 44.2 Å². The van der Waals surface area contributed by atoms with Crippen molar-refractivity contribution in [3.05, 3.63) is 48.2 Å². The maximum Gasteiger partial charge on any atom is 0.234 e. The van der Waals surface area contributed by atoms with Gasteiger partial charge in [0.05, 0.1) is 25.8 Å². The molecule has 2 aromatic rings. The lowest BCUT2D eigenvalue weighted by Gasteiger charge is -2.25. The van der Waals surface area contributed by atoms with Crippen molar-refractivity contribution >= 4 is 5.91 Å². The number of amides is 1. The Morgan fingerprint density at radius 1 is 1.12 bits per heavy atom. The van der Waals surface area contributed by atoms with E-state index < -0.39 is 0 Å². The molecule has 1 aliphatic heterocycles. The van der Waals surface area contributed by atoms with Gasteiger partial charge in [-0.1, -0.05) is 44.9 Å². The molecule has 2 heterocycles. The minimum absolute atomic E-state index is 0.0496. The third-order valence-electron chi connectivity index (χ3n) is 5.63. The van der Waals surface area contributed by atoms with Crippen molar-refractivity contribution in [2.24, 2.45) is 5.92 Å². The molecule has 1 aromatic carbocycles. The molecule has 1 aromatic heterocycles. The van der Waals surface area contributed by atoms with Gasteiger partial charge in [0.2, 0.25) is 11.8 Å². The van der Waals surface area contributed by atoms with E-state index in [4.69, 9.17) is 9.47 Å². The maximum absolute atomic E-state index is 12.8. The number of nitrogens with one attached hydrogen (secondary N) is 1. The van der Waals surface area contributed by atoms with Crippen LogP contribution in [-0.2, 0) is 11.3 Å². The Hall–Kier alpha value is -2.64. The number of fused-ring (bicyclic) bond motifs is 2. The van der Waals surface area contributed by atoms with Crippen molar-refractivity contribution in [2.45, 2.75) is 58.5 Å². The van der Waals surface area contributed by atoms with Crippen molar-refractivity contribution in [2.75, 3.05) is 26.3 Å². The number of rotatable bonds is 6. The molecule has 1 atom stereocenters. The summed E-state index contributed by atoms with van der Waals surface area (Å²) in [6.45, 7) is 6.38. The van der Waals surface area contributed by atoms with E-state index >= 15 is 0 Å². The fourth-order valence-corrected chi connectivity index (χ4v) is 4.05. The molecule has 7 heteroatoms. The average Bonchev–Trinajstić information content (AvgIpc) is 2.79. The molecular formula is C26H37N3O4. The van der Waals surface area contributed by atoms with Gasteiger partial charge in [0.15, 0.2) is 11.5 Å². The van der Waals surface area contributed by atoms with E-state index in [1.165, 1.54) is 0 Å². The van der Waals surface area contributed by atoms with Crippen LogP contribution in [0.3, 0.4) is 0 Å². The quantitative estimate of drug-likeness (QED) is 0.681. The van der Waals surface area contributed by atoms with Crippen molar-refractivity contribution in [1.29, 1.82) is 0 Å². The zero-order valence-corrected chi connectivity index (χ0v) is 19.8. The van der Waals surface area contributed by atoms with Crippen LogP contribution in [0.25, 0.3) is 0 Å². The van der Waals surface area contributed by atoms with Crippen molar-refractivity contribution in [3.63, 3.8) is 0 Å². The first kappa shape index (κ1) is 25.0. The number of benzene rings is 1. The molecule has 1 aliphatic rings. The summed E-state index contributed by atoms with van der Waals surface area (Å²) in [5.74, 6) is 2.20. The number of carbonyl (C=O) groups excluding carboxylic acids is 1. The number of aromatic nitrogens is 1. The second-order valence-electron chi connectivity index (χ2n) is 9.07. The number of aliphatic hydroxyl groups is 1. The molecule has 0 aliphatic carbocycles. The fraction of sp³-hybridized carbons (Fsp3) is 0.538. The molecule has 0 saturated carbocycles. The Kier molecular flexibility index (Phi) is 9.97. The average molecular weight is 456 g/mol. The SMILES string of the molecule is CC(C)C[C@@H](CO)NC(=O)CN1CCCCCCOc2ccccc2Oc2ncccc2C1. The van der Waals surface area contributed by atoms with E-state index in [2.05, 4.69) is 29.0 Å². The number of hydrogen-bond acceptors (Lipinski definition) is 6. The van der Waals surface area contributed by atoms with Gasteiger partial charge in [-0.2, -0.15) is 0 Å². The van der Waals surface area contributed by atoms with Crippen LogP contribution in [0.4, 0.5) is 0 Å². The molecule has 7 nitrogen and oxygen atoms in total. The first-order valence-electron chi connectivity index (χ1n) is 12.0. The van der Waals surface area contributed by atoms with E-state index in [1.54, 1.807) is 6.20 Å². The minimum Gasteiger partial charge on any atom is -0.490 e. The molecule has 3 rings (SSSR count). The predicted molar refractivity (Wildman–Crippen MR) is 128 cm³/mol. The van der Waals surface area contributed by atoms with Gasteiger partial charge < -0.3 is 19.9 Å². The molecule has 0 saturated heterocycles. The smallest absolute Gasteiger partial charge is 0.234 e. The minimum atomic E-state index is -0.217. The van der Waals surface area contributed by atoms with Crippen molar-refractivity contribution in [3.8, 4) is 17.4 Å². The summed E-state index contributed by atoms with van der Waals surface area (Å²) >= 11 is 0. The van der Waals surface area contributed by atoms with Crippen LogP contribution in [0.15, 0.2) is 42.6 Å². The summed E-state index contributed by atoms with van der Waals surface area (Å²) < 4.78 is 12.1. The molecule has 0 unspecified atom stereocenters. The number of para-hydroxylation sites is 2. The van der Waals surface area contributed by atoms with Crippen LogP contribution < -0.4 is 14.8 Å². The van der Waals surface area contributed by atoms with Gasteiger partial charge in [0.25, 0.3) is 0 Å². The second kappa shape index (κ2) is 13.2. The van der Waals surface area contributed by atoms with Gasteiger partial charge >= 0.3 is 0 Å². The van der Waals surface area contributed by atoms with Crippen LogP contribution in [0, 0.1) is 5.92 Å². The number of hydrogen-bond donors (Lipinski definition) is 2. The number of nitrogens with zero attached hydrogens (tertiary/aromatic N) is 2. The Balaban J connectivity index is 1.76. The molecule has 0 radical (unpaired) electrons. The van der Waals surface area contributed by atoms with Gasteiger partial charge in [-0.3, -0.25) is 9.69 Å². The van der Waals surface area contributed by atoms with Gasteiger partial charge in [-0.15, -0.1) is 0 Å². The summed E-state index contributed by atoms with van der Waals surface area (Å²) in [6.07, 6.45) is 6.58. The molecule has 180 valence electrons. The van der Waals surface area contributed by atoms with Crippen molar-refractivity contribution in [1.82, 2.24) is 15.2 Å². The topological polar surface area (TPSA) is 83.9 Å². The molecule has 0 fully saturated rings. The number of pyridine rings is 1. The lowest BCUT2D eigenvalue weighted by atomic mass is 10.0. The molecule has 33 heavy (non-hydrogen) atoms. The van der Waals surface area contributed by atoms with Crippen LogP contribution in [0.2, 0.25) is 0 Å². The lowest BCUT2D eigenvalue weighted by molar-refractivity contribution is -0.123.